The summed E-state index contributed by atoms with van der Waals surface area (Å²) in [7, 11) is 1.35. The molecule has 0 spiro atoms. The predicted octanol–water partition coefficient (Wildman–Crippen LogP) is -0.0124. The van der Waals surface area contributed by atoms with Gasteiger partial charge in [-0.1, -0.05) is 0 Å². The molecular weight excluding hydrogens is 162 g/mol. The minimum Gasteiger partial charge on any atom is -0.481 e. The molecule has 0 aliphatic heterocycles. The third-order valence-corrected chi connectivity index (χ3v) is 0.716. The zero-order valence-corrected chi connectivity index (χ0v) is 7.53. The van der Waals surface area contributed by atoms with Crippen LogP contribution in [0.15, 0.2) is 0 Å². The van der Waals surface area contributed by atoms with Crippen LogP contribution in [0.2, 0.25) is 0 Å². The van der Waals surface area contributed by atoms with Crippen molar-refractivity contribution in [2.24, 2.45) is 5.73 Å². The van der Waals surface area contributed by atoms with Crippen molar-refractivity contribution in [3.05, 3.63) is 0 Å². The van der Waals surface area contributed by atoms with Crippen molar-refractivity contribution in [3.63, 3.8) is 0 Å². The molecule has 0 aromatic carbocycles. The first-order chi connectivity index (χ1) is 5.40. The van der Waals surface area contributed by atoms with E-state index in [9.17, 15) is 4.79 Å². The maximum absolute atomic E-state index is 10.3. The molecule has 0 fully saturated rings. The molecule has 1 atom stereocenters. The molecule has 0 aliphatic carbocycles. The van der Waals surface area contributed by atoms with Gasteiger partial charge in [-0.2, -0.15) is 0 Å². The van der Waals surface area contributed by atoms with Crippen LogP contribution in [-0.4, -0.2) is 30.2 Å². The van der Waals surface area contributed by atoms with Crippen LogP contribution in [0, 0.1) is 0 Å². The maximum atomic E-state index is 10.3. The van der Waals surface area contributed by atoms with Gasteiger partial charge < -0.3 is 15.6 Å². The molecule has 72 valence electrons. The molecule has 0 aromatic heterocycles. The van der Waals surface area contributed by atoms with Crippen LogP contribution in [0.25, 0.3) is 0 Å². The molecule has 0 heterocycles. The maximum Gasteiger partial charge on any atom is 0.307 e. The highest BCUT2D eigenvalue weighted by atomic mass is 16.5. The number of carboxylic acid groups (broad SMARTS) is 1. The molecule has 3 N–H and O–H groups in total. The van der Waals surface area contributed by atoms with E-state index in [1.54, 1.807) is 6.92 Å². The average molecular weight is 177 g/mol. The molecule has 0 saturated heterocycles. The lowest BCUT2D eigenvalue weighted by Gasteiger charge is -2.00. The second-order valence-corrected chi connectivity index (χ2v) is 2.28. The van der Waals surface area contributed by atoms with Crippen molar-refractivity contribution in [1.82, 2.24) is 0 Å². The van der Waals surface area contributed by atoms with Crippen LogP contribution in [0.4, 0.5) is 0 Å². The molecule has 0 unspecified atom stereocenters. The molecule has 0 aromatic rings. The topological polar surface area (TPSA) is 89.6 Å². The standard InChI is InChI=1S/C5H11NO2.C2H4O2/c1-4(6)3-5(7)8-2;1-2(3)4/h4H,3,6H2,1-2H3;1H3,(H,3,4)/t4-;/m1./s1. The lowest BCUT2D eigenvalue weighted by Crippen LogP contribution is -2.20. The summed E-state index contributed by atoms with van der Waals surface area (Å²) in [5.41, 5.74) is 5.27. The zero-order chi connectivity index (χ0) is 10.1. The molecule has 5 nitrogen and oxygen atoms in total. The van der Waals surface area contributed by atoms with Gasteiger partial charge in [-0.15, -0.1) is 0 Å². The lowest BCUT2D eigenvalue weighted by molar-refractivity contribution is -0.141. The Hall–Kier alpha value is -1.10. The van der Waals surface area contributed by atoms with Crippen molar-refractivity contribution in [2.75, 3.05) is 7.11 Å². The summed E-state index contributed by atoms with van der Waals surface area (Å²) < 4.78 is 4.34. The molecule has 0 aliphatic rings. The highest BCUT2D eigenvalue weighted by Crippen LogP contribution is 1.86. The van der Waals surface area contributed by atoms with Gasteiger partial charge in [0.1, 0.15) is 0 Å². The zero-order valence-electron chi connectivity index (χ0n) is 7.53. The summed E-state index contributed by atoms with van der Waals surface area (Å²) in [6.45, 7) is 2.84. The van der Waals surface area contributed by atoms with E-state index in [1.165, 1.54) is 7.11 Å². The summed E-state index contributed by atoms with van der Waals surface area (Å²) in [6, 6.07) is -0.0950. The van der Waals surface area contributed by atoms with Gasteiger partial charge in [0.05, 0.1) is 13.5 Å². The Morgan fingerprint density at radius 3 is 2.00 bits per heavy atom. The van der Waals surface area contributed by atoms with Crippen LogP contribution in [0.1, 0.15) is 20.3 Å². The van der Waals surface area contributed by atoms with Gasteiger partial charge in [-0.25, -0.2) is 0 Å². The fraction of sp³-hybridized carbons (Fsp3) is 0.714. The second-order valence-electron chi connectivity index (χ2n) is 2.28. The van der Waals surface area contributed by atoms with E-state index in [-0.39, 0.29) is 12.0 Å². The minimum absolute atomic E-state index is 0.0950. The first kappa shape index (κ1) is 13.5. The number of carbonyl (C=O) groups excluding carboxylic acids is 1. The van der Waals surface area contributed by atoms with Crippen molar-refractivity contribution in [2.45, 2.75) is 26.3 Å². The van der Waals surface area contributed by atoms with Crippen LogP contribution < -0.4 is 5.73 Å². The van der Waals surface area contributed by atoms with E-state index in [0.717, 1.165) is 6.92 Å². The highest BCUT2D eigenvalue weighted by Gasteiger charge is 2.01. The number of esters is 1. The van der Waals surface area contributed by atoms with E-state index in [1.807, 2.05) is 0 Å². The largest absolute Gasteiger partial charge is 0.481 e. The van der Waals surface area contributed by atoms with E-state index in [4.69, 9.17) is 15.6 Å². The molecule has 0 amide bonds. The fourth-order valence-electron chi connectivity index (χ4n) is 0.346. The number of methoxy groups -OCH3 is 1. The predicted molar refractivity (Wildman–Crippen MR) is 43.6 cm³/mol. The van der Waals surface area contributed by atoms with Gasteiger partial charge >= 0.3 is 5.97 Å². The summed E-state index contributed by atoms with van der Waals surface area (Å²) in [5, 5.41) is 7.42. The number of rotatable bonds is 2. The van der Waals surface area contributed by atoms with Crippen LogP contribution in [0.3, 0.4) is 0 Å². The SMILES string of the molecule is CC(=O)O.COC(=O)C[C@@H](C)N. The molecule has 0 rings (SSSR count). The van der Waals surface area contributed by atoms with Crippen LogP contribution >= 0.6 is 0 Å². The third-order valence-electron chi connectivity index (χ3n) is 0.716. The summed E-state index contributed by atoms with van der Waals surface area (Å²) in [4.78, 5) is 19.3. The van der Waals surface area contributed by atoms with E-state index < -0.39 is 5.97 Å². The monoisotopic (exact) mass is 177 g/mol. The quantitative estimate of drug-likeness (QED) is 0.579. The molecule has 0 radical (unpaired) electrons. The Bertz CT molecular complexity index is 140. The summed E-state index contributed by atoms with van der Waals surface area (Å²) in [6.07, 6.45) is 0.302. The average Bonchev–Trinajstić information content (AvgIpc) is 1.84. The first-order valence-corrected chi connectivity index (χ1v) is 3.42. The number of nitrogens with two attached hydrogens (primary N) is 1. The first-order valence-electron chi connectivity index (χ1n) is 3.42. The summed E-state index contributed by atoms with van der Waals surface area (Å²) >= 11 is 0. The number of hydrogen-bond acceptors (Lipinski definition) is 4. The van der Waals surface area contributed by atoms with Gasteiger partial charge in [0.25, 0.3) is 5.97 Å². The van der Waals surface area contributed by atoms with E-state index in [0.29, 0.717) is 6.42 Å². The molecule has 0 bridgehead atoms. The Balaban J connectivity index is 0. The smallest absolute Gasteiger partial charge is 0.307 e. The number of carboxylic acids is 1. The van der Waals surface area contributed by atoms with Crippen LogP contribution in [0.5, 0.6) is 0 Å². The Labute approximate surface area is 71.5 Å². The van der Waals surface area contributed by atoms with E-state index >= 15 is 0 Å². The molecular formula is C7H15NO4. The van der Waals surface area contributed by atoms with Gasteiger partial charge in [-0.3, -0.25) is 9.59 Å². The van der Waals surface area contributed by atoms with Crippen LogP contribution in [-0.2, 0) is 14.3 Å². The van der Waals surface area contributed by atoms with Gasteiger partial charge in [-0.05, 0) is 6.92 Å². The number of hydrogen-bond donors (Lipinski definition) is 2. The van der Waals surface area contributed by atoms with Crippen molar-refractivity contribution >= 4 is 11.9 Å². The number of carbonyl (C=O) groups is 2. The van der Waals surface area contributed by atoms with Gasteiger partial charge in [0, 0.05) is 13.0 Å². The Kier molecular flexibility index (Phi) is 8.99. The minimum atomic E-state index is -0.833. The highest BCUT2D eigenvalue weighted by molar-refractivity contribution is 5.69. The van der Waals surface area contributed by atoms with Crippen molar-refractivity contribution in [1.29, 1.82) is 0 Å². The molecule has 12 heavy (non-hydrogen) atoms. The number of aliphatic carboxylic acids is 1. The van der Waals surface area contributed by atoms with Crippen molar-refractivity contribution < 1.29 is 19.4 Å². The van der Waals surface area contributed by atoms with Gasteiger partial charge in [0.15, 0.2) is 0 Å². The summed E-state index contributed by atoms with van der Waals surface area (Å²) in [5.74, 6) is -1.08. The lowest BCUT2D eigenvalue weighted by atomic mass is 10.3. The Morgan fingerprint density at radius 2 is 1.92 bits per heavy atom. The van der Waals surface area contributed by atoms with Crippen molar-refractivity contribution in [3.8, 4) is 0 Å². The van der Waals surface area contributed by atoms with E-state index in [2.05, 4.69) is 4.74 Å². The molecule has 0 saturated carbocycles. The third kappa shape index (κ3) is 23.1. The Morgan fingerprint density at radius 1 is 1.58 bits per heavy atom. The normalized spacial score (nSPS) is 10.7. The number of ether oxygens (including phenoxy) is 1. The molecule has 5 heteroatoms. The second kappa shape index (κ2) is 8.00. The van der Waals surface area contributed by atoms with Gasteiger partial charge in [0.2, 0.25) is 0 Å². The fourth-order valence-corrected chi connectivity index (χ4v) is 0.346.